The summed E-state index contributed by atoms with van der Waals surface area (Å²) in [6.07, 6.45) is 1.04. The van der Waals surface area contributed by atoms with Gasteiger partial charge in [-0.3, -0.25) is 4.79 Å². The molecule has 5 nitrogen and oxygen atoms in total. The molecule has 8 heteroatoms. The number of halogens is 2. The summed E-state index contributed by atoms with van der Waals surface area (Å²) in [5.74, 6) is -0.815. The molecule has 140 valence electrons. The van der Waals surface area contributed by atoms with Crippen LogP contribution >= 0.6 is 15.9 Å². The third-order valence-corrected chi connectivity index (χ3v) is 5.48. The van der Waals surface area contributed by atoms with Crippen LogP contribution in [0.3, 0.4) is 0 Å². The molecule has 26 heavy (non-hydrogen) atoms. The quantitative estimate of drug-likeness (QED) is 0.715. The number of sulfonamides is 1. The molecule has 2 aromatic rings. The first kappa shape index (κ1) is 20.5. The van der Waals surface area contributed by atoms with Crippen molar-refractivity contribution in [1.82, 2.24) is 9.62 Å². The first-order valence-electron chi connectivity index (χ1n) is 7.89. The van der Waals surface area contributed by atoms with Gasteiger partial charge in [-0.1, -0.05) is 40.2 Å². The van der Waals surface area contributed by atoms with E-state index in [0.717, 1.165) is 20.6 Å². The summed E-state index contributed by atoms with van der Waals surface area (Å²) in [5.41, 5.74) is 1.50. The summed E-state index contributed by atoms with van der Waals surface area (Å²) >= 11 is 3.38. The van der Waals surface area contributed by atoms with Gasteiger partial charge in [0.05, 0.1) is 18.8 Å². The van der Waals surface area contributed by atoms with Crippen LogP contribution in [-0.4, -0.2) is 31.4 Å². The third kappa shape index (κ3) is 6.19. The molecule has 0 aliphatic rings. The van der Waals surface area contributed by atoms with Gasteiger partial charge in [0.1, 0.15) is 5.82 Å². The zero-order valence-electron chi connectivity index (χ0n) is 14.4. The Hall–Kier alpha value is -1.77. The molecule has 0 aliphatic heterocycles. The zero-order valence-corrected chi connectivity index (χ0v) is 16.8. The maximum Gasteiger partial charge on any atom is 0.235 e. The molecular weight excluding hydrogens is 423 g/mol. The predicted octanol–water partition coefficient (Wildman–Crippen LogP) is 3.23. The fourth-order valence-electron chi connectivity index (χ4n) is 2.39. The van der Waals surface area contributed by atoms with Crippen molar-refractivity contribution in [2.24, 2.45) is 0 Å². The Balaban J connectivity index is 2.05. The first-order chi connectivity index (χ1) is 12.1. The highest BCUT2D eigenvalue weighted by molar-refractivity contribution is 9.10. The monoisotopic (exact) mass is 442 g/mol. The molecule has 0 fully saturated rings. The molecule has 0 bridgehead atoms. The van der Waals surface area contributed by atoms with Gasteiger partial charge in [0.2, 0.25) is 15.9 Å². The first-order valence-corrected chi connectivity index (χ1v) is 10.5. The second-order valence-electron chi connectivity index (χ2n) is 6.00. The molecule has 0 radical (unpaired) electrons. The second kappa shape index (κ2) is 8.75. The van der Waals surface area contributed by atoms with Crippen molar-refractivity contribution >= 4 is 31.9 Å². The van der Waals surface area contributed by atoms with Crippen molar-refractivity contribution in [2.75, 3.05) is 12.8 Å². The number of hydrogen-bond donors (Lipinski definition) is 1. The topological polar surface area (TPSA) is 66.5 Å². The van der Waals surface area contributed by atoms with Crippen molar-refractivity contribution in [3.05, 3.63) is 69.9 Å². The van der Waals surface area contributed by atoms with E-state index in [-0.39, 0.29) is 19.1 Å². The maximum absolute atomic E-state index is 13.0. The maximum atomic E-state index is 13.0. The zero-order chi connectivity index (χ0) is 19.3. The lowest BCUT2D eigenvalue weighted by molar-refractivity contribution is -0.122. The van der Waals surface area contributed by atoms with Gasteiger partial charge in [0.15, 0.2) is 0 Å². The van der Waals surface area contributed by atoms with E-state index >= 15 is 0 Å². The lowest BCUT2D eigenvalue weighted by Crippen LogP contribution is -2.40. The van der Waals surface area contributed by atoms with Gasteiger partial charge in [0, 0.05) is 11.0 Å². The number of benzene rings is 2. The van der Waals surface area contributed by atoms with Crippen molar-refractivity contribution in [3.63, 3.8) is 0 Å². The smallest absolute Gasteiger partial charge is 0.235 e. The average Bonchev–Trinajstić information content (AvgIpc) is 2.55. The number of carbonyl (C=O) groups excluding carboxylic acids is 1. The molecule has 0 spiro atoms. The Morgan fingerprint density at radius 1 is 1.23 bits per heavy atom. The van der Waals surface area contributed by atoms with E-state index < -0.39 is 21.7 Å². The Kier molecular flexibility index (Phi) is 6.91. The standard InChI is InChI=1S/C18H20BrFN2O3S/c1-13(15-4-3-5-16(19)10-15)21-18(23)12-22(26(2,24)25)11-14-6-8-17(20)9-7-14/h3-10,13H,11-12H2,1-2H3,(H,21,23)/t13-/m1/s1. The molecular formula is C18H20BrFN2O3S. The number of amides is 1. The van der Waals surface area contributed by atoms with Gasteiger partial charge in [-0.15, -0.1) is 0 Å². The van der Waals surface area contributed by atoms with Crippen LogP contribution in [0.4, 0.5) is 4.39 Å². The van der Waals surface area contributed by atoms with E-state index in [2.05, 4.69) is 21.2 Å². The summed E-state index contributed by atoms with van der Waals surface area (Å²) < 4.78 is 39.0. The lowest BCUT2D eigenvalue weighted by Gasteiger charge is -2.21. The number of carbonyl (C=O) groups is 1. The van der Waals surface area contributed by atoms with Crippen molar-refractivity contribution < 1.29 is 17.6 Å². The van der Waals surface area contributed by atoms with Crippen LogP contribution in [0.5, 0.6) is 0 Å². The van der Waals surface area contributed by atoms with Gasteiger partial charge in [-0.2, -0.15) is 4.31 Å². The van der Waals surface area contributed by atoms with Gasteiger partial charge in [-0.05, 0) is 42.3 Å². The second-order valence-corrected chi connectivity index (χ2v) is 8.90. The van der Waals surface area contributed by atoms with Gasteiger partial charge >= 0.3 is 0 Å². The summed E-state index contributed by atoms with van der Waals surface area (Å²) in [6.45, 7) is 1.51. The average molecular weight is 443 g/mol. The highest BCUT2D eigenvalue weighted by atomic mass is 79.9. The van der Waals surface area contributed by atoms with E-state index in [1.807, 2.05) is 31.2 Å². The molecule has 1 atom stereocenters. The normalized spacial score (nSPS) is 12.8. The van der Waals surface area contributed by atoms with Crippen LogP contribution in [-0.2, 0) is 21.4 Å². The van der Waals surface area contributed by atoms with Crippen molar-refractivity contribution in [1.29, 1.82) is 0 Å². The van der Waals surface area contributed by atoms with Gasteiger partial charge < -0.3 is 5.32 Å². The highest BCUT2D eigenvalue weighted by Crippen LogP contribution is 2.18. The molecule has 0 saturated heterocycles. The molecule has 0 heterocycles. The fourth-order valence-corrected chi connectivity index (χ4v) is 3.54. The Morgan fingerprint density at radius 3 is 2.46 bits per heavy atom. The van der Waals surface area contributed by atoms with Crippen LogP contribution < -0.4 is 5.32 Å². The molecule has 1 amide bonds. The molecule has 0 saturated carbocycles. The SMILES string of the molecule is C[C@@H](NC(=O)CN(Cc1ccc(F)cc1)S(C)(=O)=O)c1cccc(Br)c1. The molecule has 0 unspecified atom stereocenters. The van der Waals surface area contributed by atoms with Crippen LogP contribution in [0.2, 0.25) is 0 Å². The van der Waals surface area contributed by atoms with Crippen LogP contribution in [0.15, 0.2) is 53.0 Å². The molecule has 0 aromatic heterocycles. The molecule has 1 N–H and O–H groups in total. The van der Waals surface area contributed by atoms with E-state index in [0.29, 0.717) is 5.56 Å². The largest absolute Gasteiger partial charge is 0.348 e. The fraction of sp³-hybridized carbons (Fsp3) is 0.278. The minimum absolute atomic E-state index is 0.00218. The van der Waals surface area contributed by atoms with Gasteiger partial charge in [-0.25, -0.2) is 12.8 Å². The Bertz CT molecular complexity index is 872. The number of rotatable bonds is 7. The van der Waals surface area contributed by atoms with Crippen LogP contribution in [0.25, 0.3) is 0 Å². The number of hydrogen-bond acceptors (Lipinski definition) is 3. The summed E-state index contributed by atoms with van der Waals surface area (Å²) in [6, 6.07) is 12.7. The Morgan fingerprint density at radius 2 is 1.88 bits per heavy atom. The molecule has 2 aromatic carbocycles. The van der Waals surface area contributed by atoms with Crippen molar-refractivity contribution in [2.45, 2.75) is 19.5 Å². The minimum Gasteiger partial charge on any atom is -0.348 e. The summed E-state index contributed by atoms with van der Waals surface area (Å²) in [7, 11) is -3.60. The number of nitrogens with zero attached hydrogens (tertiary/aromatic N) is 1. The van der Waals surface area contributed by atoms with Crippen LogP contribution in [0.1, 0.15) is 24.1 Å². The summed E-state index contributed by atoms with van der Waals surface area (Å²) in [4.78, 5) is 12.3. The third-order valence-electron chi connectivity index (χ3n) is 3.79. The molecule has 0 aliphatic carbocycles. The van der Waals surface area contributed by atoms with E-state index in [9.17, 15) is 17.6 Å². The van der Waals surface area contributed by atoms with E-state index in [1.54, 1.807) is 0 Å². The highest BCUT2D eigenvalue weighted by Gasteiger charge is 2.21. The van der Waals surface area contributed by atoms with Gasteiger partial charge in [0.25, 0.3) is 0 Å². The van der Waals surface area contributed by atoms with E-state index in [4.69, 9.17) is 0 Å². The number of nitrogens with one attached hydrogen (secondary N) is 1. The lowest BCUT2D eigenvalue weighted by atomic mass is 10.1. The molecule has 2 rings (SSSR count). The summed E-state index contributed by atoms with van der Waals surface area (Å²) in [5, 5.41) is 2.79. The van der Waals surface area contributed by atoms with Crippen LogP contribution in [0, 0.1) is 5.82 Å². The predicted molar refractivity (Wildman–Crippen MR) is 102 cm³/mol. The van der Waals surface area contributed by atoms with Crippen molar-refractivity contribution in [3.8, 4) is 0 Å². The minimum atomic E-state index is -3.60. The Labute approximate surface area is 161 Å². The van der Waals surface area contributed by atoms with E-state index in [1.165, 1.54) is 24.3 Å².